The molecule has 0 aromatic heterocycles. The van der Waals surface area contributed by atoms with Crippen LogP contribution in [0.3, 0.4) is 0 Å². The number of aliphatic hydroxyl groups is 1. The van der Waals surface area contributed by atoms with Gasteiger partial charge in [-0.1, -0.05) is 42.0 Å². The topological polar surface area (TPSA) is 85.3 Å². The van der Waals surface area contributed by atoms with Crippen molar-refractivity contribution in [2.45, 2.75) is 33.7 Å². The molecular formula is C30H31NO6. The zero-order valence-corrected chi connectivity index (χ0v) is 21.5. The first-order valence-electron chi connectivity index (χ1n) is 12.4. The maximum Gasteiger partial charge on any atom is 0.300 e. The molecule has 0 bridgehead atoms. The van der Waals surface area contributed by atoms with Gasteiger partial charge in [-0.3, -0.25) is 14.5 Å². The fourth-order valence-corrected chi connectivity index (χ4v) is 4.50. The molecule has 0 aliphatic carbocycles. The molecule has 3 aromatic carbocycles. The van der Waals surface area contributed by atoms with Crippen LogP contribution in [0.25, 0.3) is 5.76 Å². The fraction of sp³-hybridized carbons (Fsp3) is 0.267. The Bertz CT molecular complexity index is 1350. The van der Waals surface area contributed by atoms with Gasteiger partial charge in [-0.25, -0.2) is 0 Å². The van der Waals surface area contributed by atoms with Gasteiger partial charge in [0.2, 0.25) is 0 Å². The molecule has 4 rings (SSSR count). The fourth-order valence-electron chi connectivity index (χ4n) is 4.50. The molecule has 192 valence electrons. The van der Waals surface area contributed by atoms with E-state index in [1.54, 1.807) is 42.5 Å². The van der Waals surface area contributed by atoms with Crippen molar-refractivity contribution in [3.05, 3.63) is 89.0 Å². The van der Waals surface area contributed by atoms with Gasteiger partial charge in [0, 0.05) is 17.3 Å². The quantitative estimate of drug-likeness (QED) is 0.226. The molecule has 0 spiro atoms. The number of anilines is 1. The lowest BCUT2D eigenvalue weighted by molar-refractivity contribution is -0.132. The van der Waals surface area contributed by atoms with Crippen molar-refractivity contribution in [3.8, 4) is 17.2 Å². The summed E-state index contributed by atoms with van der Waals surface area (Å²) in [4.78, 5) is 28.4. The van der Waals surface area contributed by atoms with Crippen LogP contribution in [-0.2, 0) is 9.59 Å². The largest absolute Gasteiger partial charge is 0.507 e. The average molecular weight is 502 g/mol. The average Bonchev–Trinajstić information content (AvgIpc) is 3.15. The van der Waals surface area contributed by atoms with Crippen molar-refractivity contribution in [1.29, 1.82) is 0 Å². The highest BCUT2D eigenvalue weighted by Gasteiger charge is 2.47. The number of hydrogen-bond acceptors (Lipinski definition) is 6. The highest BCUT2D eigenvalue weighted by molar-refractivity contribution is 6.51. The van der Waals surface area contributed by atoms with Crippen LogP contribution >= 0.6 is 0 Å². The maximum atomic E-state index is 13.5. The summed E-state index contributed by atoms with van der Waals surface area (Å²) in [5.74, 6) is -0.190. The Hall–Kier alpha value is -4.26. The minimum absolute atomic E-state index is 0.0103. The number of Topliss-reactive ketones (excluding diaryl/α,β-unsaturated/α-hetero) is 1. The SMILES string of the molecule is CCOc1cccc(/C(O)=C2\C(=O)C(=O)N(c3ccc(OCC)c(OCC)c3)C2c2cccc(C)c2)c1. The molecule has 1 aliphatic rings. The molecule has 1 saturated heterocycles. The van der Waals surface area contributed by atoms with E-state index in [1.807, 2.05) is 52.0 Å². The summed E-state index contributed by atoms with van der Waals surface area (Å²) in [6.45, 7) is 8.85. The lowest BCUT2D eigenvalue weighted by atomic mass is 9.94. The van der Waals surface area contributed by atoms with E-state index < -0.39 is 17.7 Å². The van der Waals surface area contributed by atoms with Gasteiger partial charge in [-0.05, 0) is 57.5 Å². The predicted octanol–water partition coefficient (Wildman–Crippen LogP) is 5.82. The summed E-state index contributed by atoms with van der Waals surface area (Å²) in [5.41, 5.74) is 2.53. The Kier molecular flexibility index (Phi) is 7.82. The van der Waals surface area contributed by atoms with Crippen molar-refractivity contribution in [2.24, 2.45) is 0 Å². The number of ether oxygens (including phenoxy) is 3. The summed E-state index contributed by atoms with van der Waals surface area (Å²) in [6, 6.07) is 18.7. The summed E-state index contributed by atoms with van der Waals surface area (Å²) in [5, 5.41) is 11.4. The molecule has 1 N–H and O–H groups in total. The standard InChI is InChI=1S/C30H31NO6/c1-5-35-23-13-9-12-21(17-23)28(32)26-27(20-11-8-10-19(4)16-20)31(30(34)29(26)33)22-14-15-24(36-6-2)25(18-22)37-7-3/h8-18,27,32H,5-7H2,1-4H3/b28-26+. The number of benzene rings is 3. The summed E-state index contributed by atoms with van der Waals surface area (Å²) >= 11 is 0. The third-order valence-electron chi connectivity index (χ3n) is 6.03. The Morgan fingerprint density at radius 2 is 1.54 bits per heavy atom. The molecule has 1 fully saturated rings. The minimum Gasteiger partial charge on any atom is -0.507 e. The van der Waals surface area contributed by atoms with E-state index in [2.05, 4.69) is 0 Å². The minimum atomic E-state index is -0.844. The number of amides is 1. The highest BCUT2D eigenvalue weighted by atomic mass is 16.5. The van der Waals surface area contributed by atoms with Gasteiger partial charge in [-0.15, -0.1) is 0 Å². The molecule has 1 aliphatic heterocycles. The first-order chi connectivity index (χ1) is 17.9. The van der Waals surface area contributed by atoms with Crippen LogP contribution < -0.4 is 19.1 Å². The number of carbonyl (C=O) groups excluding carboxylic acids is 2. The van der Waals surface area contributed by atoms with Crippen LogP contribution in [-0.4, -0.2) is 36.6 Å². The molecular weight excluding hydrogens is 470 g/mol. The lowest BCUT2D eigenvalue weighted by Gasteiger charge is -2.26. The molecule has 1 amide bonds. The van der Waals surface area contributed by atoms with Crippen molar-refractivity contribution in [2.75, 3.05) is 24.7 Å². The van der Waals surface area contributed by atoms with E-state index in [1.165, 1.54) is 4.90 Å². The normalized spacial score (nSPS) is 16.6. The molecule has 0 saturated carbocycles. The molecule has 1 unspecified atom stereocenters. The van der Waals surface area contributed by atoms with E-state index >= 15 is 0 Å². The molecule has 1 atom stereocenters. The molecule has 1 heterocycles. The number of ketones is 1. The zero-order chi connectivity index (χ0) is 26.5. The van der Waals surface area contributed by atoms with E-state index in [-0.39, 0.29) is 11.3 Å². The van der Waals surface area contributed by atoms with E-state index in [0.717, 1.165) is 5.56 Å². The van der Waals surface area contributed by atoms with Crippen LogP contribution in [0.15, 0.2) is 72.3 Å². The van der Waals surface area contributed by atoms with Gasteiger partial charge in [-0.2, -0.15) is 0 Å². The number of aryl methyl sites for hydroxylation is 1. The molecule has 3 aromatic rings. The molecule has 7 nitrogen and oxygen atoms in total. The second-order valence-electron chi connectivity index (χ2n) is 8.54. The number of carbonyl (C=O) groups is 2. The Morgan fingerprint density at radius 3 is 2.24 bits per heavy atom. The van der Waals surface area contributed by atoms with Crippen LogP contribution in [0, 0.1) is 6.92 Å². The molecule has 0 radical (unpaired) electrons. The Morgan fingerprint density at radius 1 is 0.838 bits per heavy atom. The van der Waals surface area contributed by atoms with Crippen molar-refractivity contribution >= 4 is 23.1 Å². The number of aliphatic hydroxyl groups excluding tert-OH is 1. The van der Waals surface area contributed by atoms with Crippen LogP contribution in [0.1, 0.15) is 43.5 Å². The number of rotatable bonds is 9. The summed E-state index contributed by atoms with van der Waals surface area (Å²) < 4.78 is 17.0. The van der Waals surface area contributed by atoms with Gasteiger partial charge < -0.3 is 19.3 Å². The van der Waals surface area contributed by atoms with Crippen LogP contribution in [0.2, 0.25) is 0 Å². The number of nitrogens with zero attached hydrogens (tertiary/aromatic N) is 1. The van der Waals surface area contributed by atoms with Gasteiger partial charge in [0.05, 0.1) is 31.4 Å². The summed E-state index contributed by atoms with van der Waals surface area (Å²) in [6.07, 6.45) is 0. The second kappa shape index (κ2) is 11.2. The second-order valence-corrected chi connectivity index (χ2v) is 8.54. The number of hydrogen-bond donors (Lipinski definition) is 1. The zero-order valence-electron chi connectivity index (χ0n) is 21.5. The monoisotopic (exact) mass is 501 g/mol. The highest BCUT2D eigenvalue weighted by Crippen LogP contribution is 2.44. The smallest absolute Gasteiger partial charge is 0.300 e. The van der Waals surface area contributed by atoms with Gasteiger partial charge in [0.25, 0.3) is 11.7 Å². The van der Waals surface area contributed by atoms with E-state index in [0.29, 0.717) is 53.9 Å². The van der Waals surface area contributed by atoms with E-state index in [4.69, 9.17) is 14.2 Å². The first kappa shape index (κ1) is 25.8. The van der Waals surface area contributed by atoms with Gasteiger partial charge in [0.1, 0.15) is 11.5 Å². The molecule has 7 heteroatoms. The van der Waals surface area contributed by atoms with Crippen LogP contribution in [0.4, 0.5) is 5.69 Å². The first-order valence-corrected chi connectivity index (χ1v) is 12.4. The van der Waals surface area contributed by atoms with Crippen molar-refractivity contribution in [1.82, 2.24) is 0 Å². The Labute approximate surface area is 216 Å². The van der Waals surface area contributed by atoms with Gasteiger partial charge >= 0.3 is 0 Å². The Balaban J connectivity index is 1.91. The van der Waals surface area contributed by atoms with Crippen molar-refractivity contribution < 1.29 is 28.9 Å². The van der Waals surface area contributed by atoms with Crippen molar-refractivity contribution in [3.63, 3.8) is 0 Å². The third-order valence-corrected chi connectivity index (χ3v) is 6.03. The van der Waals surface area contributed by atoms with E-state index in [9.17, 15) is 14.7 Å². The maximum absolute atomic E-state index is 13.5. The summed E-state index contributed by atoms with van der Waals surface area (Å²) in [7, 11) is 0. The molecule has 37 heavy (non-hydrogen) atoms. The third kappa shape index (κ3) is 5.16. The lowest BCUT2D eigenvalue weighted by Crippen LogP contribution is -2.29. The van der Waals surface area contributed by atoms with Gasteiger partial charge in [0.15, 0.2) is 11.5 Å². The predicted molar refractivity (Wildman–Crippen MR) is 142 cm³/mol. The van der Waals surface area contributed by atoms with Crippen LogP contribution in [0.5, 0.6) is 17.2 Å².